The van der Waals surface area contributed by atoms with Gasteiger partial charge in [0.1, 0.15) is 0 Å². The fourth-order valence-corrected chi connectivity index (χ4v) is 1.10. The van der Waals surface area contributed by atoms with Crippen molar-refractivity contribution < 1.29 is 10.2 Å². The van der Waals surface area contributed by atoms with Crippen LogP contribution in [0.3, 0.4) is 0 Å². The summed E-state index contributed by atoms with van der Waals surface area (Å²) >= 11 is 0. The molecule has 0 aromatic carbocycles. The van der Waals surface area contributed by atoms with E-state index in [4.69, 9.17) is 5.21 Å². The van der Waals surface area contributed by atoms with Crippen molar-refractivity contribution in [3.63, 3.8) is 0 Å². The maximum atomic E-state index is 10.6. The molecule has 0 saturated carbocycles. The molecule has 0 atom stereocenters. The Bertz CT molecular complexity index is 136. The van der Waals surface area contributed by atoms with Crippen molar-refractivity contribution >= 4 is 29.6 Å². The number of piperidine rings is 1. The Kier molecular flexibility index (Phi) is 5.62. The third-order valence-corrected chi connectivity index (χ3v) is 1.65. The topological polar surface area (TPSA) is 61.9 Å². The van der Waals surface area contributed by atoms with Crippen LogP contribution in [0, 0.1) is 5.21 Å². The molecule has 5 nitrogen and oxygen atoms in total. The molecule has 0 aromatic heterocycles. The van der Waals surface area contributed by atoms with E-state index in [0.29, 0.717) is 13.1 Å². The zero-order valence-corrected chi connectivity index (χ0v) is 5.73. The second-order valence-electron chi connectivity index (χ2n) is 2.36. The summed E-state index contributed by atoms with van der Waals surface area (Å²) in [5.74, 6) is 0. The molecular formula is C5H12N3NaO2. The summed E-state index contributed by atoms with van der Waals surface area (Å²) in [5, 5.41) is 22.7. The molecule has 6 heteroatoms. The molecule has 1 fully saturated rings. The van der Waals surface area contributed by atoms with E-state index in [-0.39, 0.29) is 34.5 Å². The van der Waals surface area contributed by atoms with Gasteiger partial charge in [-0.05, 0) is 19.3 Å². The predicted octanol–water partition coefficient (Wildman–Crippen LogP) is 0.0905. The van der Waals surface area contributed by atoms with Crippen molar-refractivity contribution in [3.05, 3.63) is 5.21 Å². The summed E-state index contributed by atoms with van der Waals surface area (Å²) in [7, 11) is 0. The minimum absolute atomic E-state index is 0. The van der Waals surface area contributed by atoms with E-state index >= 15 is 0 Å². The van der Waals surface area contributed by atoms with Gasteiger partial charge in [-0.2, -0.15) is 0 Å². The van der Waals surface area contributed by atoms with E-state index in [1.165, 1.54) is 5.01 Å². The van der Waals surface area contributed by atoms with Crippen molar-refractivity contribution in [2.45, 2.75) is 19.3 Å². The molecule has 0 unspecified atom stereocenters. The van der Waals surface area contributed by atoms with Crippen LogP contribution in [0.5, 0.6) is 0 Å². The number of hydrazine groups is 1. The number of nitrogens with zero attached hydrogens (tertiary/aromatic N) is 3. The quantitative estimate of drug-likeness (QED) is 0.262. The molecule has 1 heterocycles. The predicted molar refractivity (Wildman–Crippen MR) is 40.4 cm³/mol. The van der Waals surface area contributed by atoms with Crippen molar-refractivity contribution in [1.29, 1.82) is 0 Å². The number of rotatable bonds is 1. The van der Waals surface area contributed by atoms with Gasteiger partial charge in [0.15, 0.2) is 0 Å². The van der Waals surface area contributed by atoms with Crippen LogP contribution in [0.4, 0.5) is 0 Å². The Balaban J connectivity index is 0.000001000. The monoisotopic (exact) mass is 169 g/mol. The summed E-state index contributed by atoms with van der Waals surface area (Å²) in [4.78, 5) is 0.249. The van der Waals surface area contributed by atoms with Crippen LogP contribution in [0.1, 0.15) is 19.3 Å². The van der Waals surface area contributed by atoms with Gasteiger partial charge in [0.2, 0.25) is 5.28 Å². The average molecular weight is 169 g/mol. The van der Waals surface area contributed by atoms with Crippen molar-refractivity contribution in [2.75, 3.05) is 13.1 Å². The molecule has 1 saturated heterocycles. The summed E-state index contributed by atoms with van der Waals surface area (Å²) in [6.07, 6.45) is 3.18. The minimum atomic E-state index is 0. The standard InChI is InChI=1S/C5H11N3O2.Na.H/c9-6-8(10)7-4-2-1-3-5-7;;/h9H,1-5H2;;. The third kappa shape index (κ3) is 3.27. The van der Waals surface area contributed by atoms with Crippen LogP contribution in [0.25, 0.3) is 0 Å². The average Bonchev–Trinajstić information content (AvgIpc) is 2.05. The number of hydrogen-bond donors (Lipinski definition) is 1. The van der Waals surface area contributed by atoms with Crippen molar-refractivity contribution in [1.82, 2.24) is 5.01 Å². The maximum Gasteiger partial charge on any atom is 0.230 e. The Morgan fingerprint density at radius 2 is 1.82 bits per heavy atom. The molecule has 0 aliphatic carbocycles. The fraction of sp³-hybridized carbons (Fsp3) is 1.00. The third-order valence-electron chi connectivity index (χ3n) is 1.65. The molecule has 0 aromatic rings. The molecule has 1 aliphatic heterocycles. The largest absolute Gasteiger partial charge is 0.569 e. The van der Waals surface area contributed by atoms with Gasteiger partial charge in [-0.3, -0.25) is 0 Å². The molecule has 0 radical (unpaired) electrons. The van der Waals surface area contributed by atoms with Crippen LogP contribution in [-0.4, -0.2) is 57.8 Å². The summed E-state index contributed by atoms with van der Waals surface area (Å²) in [5.41, 5.74) is 0. The first kappa shape index (κ1) is 11.0. The maximum absolute atomic E-state index is 10.6. The van der Waals surface area contributed by atoms with E-state index in [0.717, 1.165) is 19.3 Å². The van der Waals surface area contributed by atoms with Gasteiger partial charge in [-0.25, -0.2) is 0 Å². The zero-order valence-electron chi connectivity index (χ0n) is 5.73. The molecule has 11 heavy (non-hydrogen) atoms. The smallest absolute Gasteiger partial charge is 0.230 e. The van der Waals surface area contributed by atoms with Crippen LogP contribution < -0.4 is 0 Å². The van der Waals surface area contributed by atoms with Gasteiger partial charge in [0.05, 0.1) is 18.1 Å². The first-order valence-corrected chi connectivity index (χ1v) is 3.42. The van der Waals surface area contributed by atoms with Crippen LogP contribution in [0.15, 0.2) is 5.28 Å². The Labute approximate surface area is 87.5 Å². The molecule has 1 N–H and O–H groups in total. The molecular weight excluding hydrogens is 157 g/mol. The Morgan fingerprint density at radius 1 is 1.27 bits per heavy atom. The first-order chi connectivity index (χ1) is 4.84. The second-order valence-corrected chi connectivity index (χ2v) is 2.36. The van der Waals surface area contributed by atoms with E-state index in [1.807, 2.05) is 0 Å². The van der Waals surface area contributed by atoms with E-state index < -0.39 is 0 Å². The molecule has 0 bridgehead atoms. The SMILES string of the molecule is [NaH].[O-][N+](=NO)N1CCCCC1. The zero-order chi connectivity index (χ0) is 7.40. The van der Waals surface area contributed by atoms with E-state index in [9.17, 15) is 5.21 Å². The molecule has 0 amide bonds. The normalized spacial score (nSPS) is 19.3. The van der Waals surface area contributed by atoms with E-state index in [1.54, 1.807) is 0 Å². The van der Waals surface area contributed by atoms with Gasteiger partial charge in [0, 0.05) is 0 Å². The molecule has 0 spiro atoms. The van der Waals surface area contributed by atoms with Gasteiger partial charge in [0.25, 0.3) is 0 Å². The molecule has 1 aliphatic rings. The van der Waals surface area contributed by atoms with E-state index in [2.05, 4.69) is 5.28 Å². The minimum Gasteiger partial charge on any atom is -0.569 e. The Morgan fingerprint density at radius 3 is 2.27 bits per heavy atom. The van der Waals surface area contributed by atoms with Crippen molar-refractivity contribution in [3.8, 4) is 0 Å². The summed E-state index contributed by atoms with van der Waals surface area (Å²) < 4.78 is 0. The second kappa shape index (κ2) is 5.62. The first-order valence-electron chi connectivity index (χ1n) is 3.42. The van der Waals surface area contributed by atoms with Crippen LogP contribution in [0.2, 0.25) is 0 Å². The summed E-state index contributed by atoms with van der Waals surface area (Å²) in [6.45, 7) is 1.40. The van der Waals surface area contributed by atoms with Gasteiger partial charge >= 0.3 is 29.6 Å². The molecule has 1 rings (SSSR count). The molecule has 60 valence electrons. The Hall–Kier alpha value is 0.0000000000000000555. The van der Waals surface area contributed by atoms with Gasteiger partial charge in [-0.1, -0.05) is 0 Å². The number of hydrogen-bond acceptors (Lipinski definition) is 2. The summed E-state index contributed by atoms with van der Waals surface area (Å²) in [6, 6.07) is 0. The van der Waals surface area contributed by atoms with Gasteiger partial charge < -0.3 is 10.4 Å². The van der Waals surface area contributed by atoms with Crippen molar-refractivity contribution in [2.24, 2.45) is 5.28 Å². The fourth-order valence-electron chi connectivity index (χ4n) is 1.10. The van der Waals surface area contributed by atoms with Gasteiger partial charge in [-0.15, -0.1) is 5.01 Å². The van der Waals surface area contributed by atoms with Crippen LogP contribution >= 0.6 is 0 Å². The van der Waals surface area contributed by atoms with Crippen LogP contribution in [-0.2, 0) is 0 Å².